The number of rotatable bonds is 4. The Labute approximate surface area is 213 Å². The molecular formula is C25H30ClFN6O3. The Bertz CT molecular complexity index is 1220. The molecule has 0 bridgehead atoms. The number of likely N-dealkylation sites (tertiary alicyclic amines) is 1. The maximum atomic E-state index is 13.4. The van der Waals surface area contributed by atoms with Crippen molar-refractivity contribution in [2.45, 2.75) is 51.2 Å². The monoisotopic (exact) mass is 516 g/mol. The quantitative estimate of drug-likeness (QED) is 0.405. The van der Waals surface area contributed by atoms with Crippen LogP contribution in [0.5, 0.6) is 0 Å². The molecule has 3 N–H and O–H groups in total. The van der Waals surface area contributed by atoms with Crippen LogP contribution in [0.25, 0.3) is 10.9 Å². The highest BCUT2D eigenvalue weighted by molar-refractivity contribution is 6.29. The number of halogens is 2. The summed E-state index contributed by atoms with van der Waals surface area (Å²) in [6, 6.07) is 9.78. The first-order valence-electron chi connectivity index (χ1n) is 11.7. The molecule has 5 rings (SSSR count). The molecule has 36 heavy (non-hydrogen) atoms. The van der Waals surface area contributed by atoms with Gasteiger partial charge in [0.15, 0.2) is 0 Å². The lowest BCUT2D eigenvalue weighted by Crippen LogP contribution is -2.43. The predicted molar refractivity (Wildman–Crippen MR) is 136 cm³/mol. The molecule has 0 spiro atoms. The first-order chi connectivity index (χ1) is 17.3. The van der Waals surface area contributed by atoms with Gasteiger partial charge in [0.2, 0.25) is 12.3 Å². The number of hydrogen-bond donors (Lipinski definition) is 2. The van der Waals surface area contributed by atoms with Crippen LogP contribution < -0.4 is 11.1 Å². The number of nitrogens with two attached hydrogens (primary N) is 1. The maximum Gasteiger partial charge on any atom is 0.245 e. The summed E-state index contributed by atoms with van der Waals surface area (Å²) in [7, 11) is 1.80. The summed E-state index contributed by atoms with van der Waals surface area (Å²) in [5.41, 5.74) is 5.61. The fourth-order valence-corrected chi connectivity index (χ4v) is 5.17. The van der Waals surface area contributed by atoms with Crippen molar-refractivity contribution in [1.82, 2.24) is 19.7 Å². The molecule has 2 amide bonds. The number of primary amides is 1. The highest BCUT2D eigenvalue weighted by atomic mass is 35.5. The zero-order valence-corrected chi connectivity index (χ0v) is 21.0. The maximum absolute atomic E-state index is 13.4. The van der Waals surface area contributed by atoms with Crippen molar-refractivity contribution in [3.63, 3.8) is 0 Å². The first-order valence-corrected chi connectivity index (χ1v) is 12.1. The van der Waals surface area contributed by atoms with Crippen LogP contribution in [0, 0.1) is 18.7 Å². The normalized spacial score (nSPS) is 20.0. The van der Waals surface area contributed by atoms with E-state index in [1.165, 1.54) is 12.1 Å². The molecule has 192 valence electrons. The van der Waals surface area contributed by atoms with Crippen molar-refractivity contribution < 1.29 is 18.8 Å². The lowest BCUT2D eigenvalue weighted by Gasteiger charge is -2.27. The van der Waals surface area contributed by atoms with Gasteiger partial charge >= 0.3 is 0 Å². The number of aryl methyl sites for hydroxylation is 1. The van der Waals surface area contributed by atoms with Gasteiger partial charge < -0.3 is 20.7 Å². The Morgan fingerprint density at radius 3 is 2.67 bits per heavy atom. The van der Waals surface area contributed by atoms with E-state index in [1.54, 1.807) is 35.7 Å². The van der Waals surface area contributed by atoms with Crippen LogP contribution in [0.4, 0.5) is 10.2 Å². The van der Waals surface area contributed by atoms with E-state index in [0.717, 1.165) is 48.7 Å². The summed E-state index contributed by atoms with van der Waals surface area (Å²) in [5, 5.41) is 8.50. The minimum atomic E-state index is -0.314. The SMILES string of the molecule is CNc1cccc(Cl)n1.Cc1nn(CC(=O)N2C(C=O)CC3CCCC32)c2ccc(F)cc12.NC=O. The molecule has 3 aromatic rings. The summed E-state index contributed by atoms with van der Waals surface area (Å²) in [6.07, 6.45) is 5.13. The second-order valence-corrected chi connectivity index (χ2v) is 9.02. The minimum absolute atomic E-state index is 0.0739. The van der Waals surface area contributed by atoms with Gasteiger partial charge in [-0.15, -0.1) is 0 Å². The summed E-state index contributed by atoms with van der Waals surface area (Å²) in [4.78, 5) is 38.6. The van der Waals surface area contributed by atoms with E-state index >= 15 is 0 Å². The van der Waals surface area contributed by atoms with E-state index in [1.807, 2.05) is 12.1 Å². The lowest BCUT2D eigenvalue weighted by atomic mass is 10.0. The van der Waals surface area contributed by atoms with Crippen LogP contribution in [0.15, 0.2) is 36.4 Å². The van der Waals surface area contributed by atoms with E-state index in [-0.39, 0.29) is 36.8 Å². The molecule has 3 atom stereocenters. The second-order valence-electron chi connectivity index (χ2n) is 8.63. The molecule has 9 nitrogen and oxygen atoms in total. The Morgan fingerprint density at radius 2 is 2.03 bits per heavy atom. The summed E-state index contributed by atoms with van der Waals surface area (Å²) < 4.78 is 15.0. The fourth-order valence-electron chi connectivity index (χ4n) is 5.01. The lowest BCUT2D eigenvalue weighted by molar-refractivity contribution is -0.137. The van der Waals surface area contributed by atoms with Crippen molar-refractivity contribution in [3.05, 3.63) is 53.1 Å². The minimum Gasteiger partial charge on any atom is -0.373 e. The number of carbonyl (C=O) groups is 3. The van der Waals surface area contributed by atoms with Crippen molar-refractivity contribution in [3.8, 4) is 0 Å². The Morgan fingerprint density at radius 1 is 1.28 bits per heavy atom. The molecule has 1 aliphatic carbocycles. The third-order valence-corrected chi connectivity index (χ3v) is 6.69. The van der Waals surface area contributed by atoms with Crippen LogP contribution in [0.1, 0.15) is 31.4 Å². The number of anilines is 1. The molecule has 11 heteroatoms. The van der Waals surface area contributed by atoms with Gasteiger partial charge in [-0.25, -0.2) is 9.37 Å². The number of nitrogens with zero attached hydrogens (tertiary/aromatic N) is 4. The largest absolute Gasteiger partial charge is 0.373 e. The van der Waals surface area contributed by atoms with Gasteiger partial charge in [0.1, 0.15) is 29.6 Å². The average molecular weight is 517 g/mol. The molecule has 1 saturated carbocycles. The third kappa shape index (κ3) is 6.17. The van der Waals surface area contributed by atoms with Gasteiger partial charge in [-0.3, -0.25) is 14.3 Å². The number of hydrogen-bond acceptors (Lipinski definition) is 6. The Balaban J connectivity index is 0.000000251. The number of amides is 2. The Kier molecular flexibility index (Phi) is 9.35. The third-order valence-electron chi connectivity index (χ3n) is 6.48. The second kappa shape index (κ2) is 12.4. The highest BCUT2D eigenvalue weighted by Crippen LogP contribution is 2.40. The van der Waals surface area contributed by atoms with Crippen LogP contribution in [-0.4, -0.2) is 57.4 Å². The smallest absolute Gasteiger partial charge is 0.245 e. The van der Waals surface area contributed by atoms with E-state index in [0.29, 0.717) is 16.8 Å². The molecule has 1 aromatic carbocycles. The van der Waals surface area contributed by atoms with Crippen LogP contribution in [0.2, 0.25) is 5.15 Å². The number of pyridine rings is 1. The van der Waals surface area contributed by atoms with Crippen LogP contribution in [0.3, 0.4) is 0 Å². The molecule has 3 unspecified atom stereocenters. The zero-order valence-electron chi connectivity index (χ0n) is 20.2. The van der Waals surface area contributed by atoms with Crippen LogP contribution in [-0.2, 0) is 20.9 Å². The van der Waals surface area contributed by atoms with Crippen molar-refractivity contribution in [2.24, 2.45) is 11.7 Å². The molecule has 2 fully saturated rings. The summed E-state index contributed by atoms with van der Waals surface area (Å²) in [6.45, 7) is 1.89. The van der Waals surface area contributed by atoms with E-state index < -0.39 is 0 Å². The first kappa shape index (κ1) is 27.1. The number of aldehydes is 1. The van der Waals surface area contributed by atoms with Gasteiger partial charge in [-0.05, 0) is 62.4 Å². The predicted octanol–water partition coefficient (Wildman–Crippen LogP) is 3.33. The number of fused-ring (bicyclic) bond motifs is 2. The average Bonchev–Trinajstić information content (AvgIpc) is 3.53. The molecule has 0 radical (unpaired) electrons. The molecular weight excluding hydrogens is 487 g/mol. The van der Waals surface area contributed by atoms with E-state index in [2.05, 4.69) is 21.1 Å². The van der Waals surface area contributed by atoms with Crippen molar-refractivity contribution >= 4 is 46.9 Å². The standard InChI is InChI=1S/C18H20FN3O2.C6H7ClN2.CH3NO/c1-11-15-8-13(19)5-6-17(15)21(20-11)9-18(24)22-14(10-23)7-12-3-2-4-16(12)22;1-8-6-4-2-3-5(7)9-6;2-1-3/h5-6,8,10,12,14,16H,2-4,7,9H2,1H3;2-4H,1H3,(H,8,9);1H,(H2,2,3). The molecule has 1 saturated heterocycles. The van der Waals surface area contributed by atoms with Crippen LogP contribution >= 0.6 is 11.6 Å². The number of carbonyl (C=O) groups excluding carboxylic acids is 3. The molecule has 1 aliphatic heterocycles. The van der Waals surface area contributed by atoms with E-state index in [4.69, 9.17) is 16.4 Å². The van der Waals surface area contributed by atoms with Gasteiger partial charge in [0.25, 0.3) is 0 Å². The number of nitrogens with one attached hydrogen (secondary N) is 1. The van der Waals surface area contributed by atoms with Gasteiger partial charge in [0.05, 0.1) is 17.3 Å². The van der Waals surface area contributed by atoms with Crippen molar-refractivity contribution in [1.29, 1.82) is 0 Å². The Hall–Kier alpha value is -3.53. The van der Waals surface area contributed by atoms with Gasteiger partial charge in [-0.2, -0.15) is 5.10 Å². The van der Waals surface area contributed by atoms with Gasteiger partial charge in [0, 0.05) is 18.5 Å². The number of aromatic nitrogens is 3. The fraction of sp³-hybridized carbons (Fsp3) is 0.400. The zero-order chi connectivity index (χ0) is 26.2. The van der Waals surface area contributed by atoms with E-state index in [9.17, 15) is 14.0 Å². The molecule has 3 heterocycles. The summed E-state index contributed by atoms with van der Waals surface area (Å²) >= 11 is 5.57. The topological polar surface area (TPSA) is 123 Å². The molecule has 2 aliphatic rings. The number of benzene rings is 1. The van der Waals surface area contributed by atoms with Crippen molar-refractivity contribution in [2.75, 3.05) is 12.4 Å². The summed E-state index contributed by atoms with van der Waals surface area (Å²) in [5.74, 6) is 0.859. The molecule has 2 aromatic heterocycles. The van der Waals surface area contributed by atoms with Gasteiger partial charge in [-0.1, -0.05) is 24.1 Å². The highest BCUT2D eigenvalue weighted by Gasteiger charge is 2.45.